The summed E-state index contributed by atoms with van der Waals surface area (Å²) in [5.41, 5.74) is 8.47. The van der Waals surface area contributed by atoms with E-state index in [1.807, 2.05) is 0 Å². The summed E-state index contributed by atoms with van der Waals surface area (Å²) in [5.74, 6) is 3.22. The van der Waals surface area contributed by atoms with E-state index in [9.17, 15) is 0 Å². The Bertz CT molecular complexity index is 1830. The van der Waals surface area contributed by atoms with Crippen LogP contribution in [0.2, 0.25) is 0 Å². The molecule has 2 heteroatoms. The van der Waals surface area contributed by atoms with Crippen molar-refractivity contribution in [2.75, 3.05) is 0 Å². The molecule has 0 N–H and O–H groups in total. The first-order valence-electron chi connectivity index (χ1n) is 15.2. The minimum Gasteiger partial charge on any atom is -0.455 e. The minimum absolute atomic E-state index is 0.461. The maximum atomic E-state index is 7.13. The van der Waals surface area contributed by atoms with Gasteiger partial charge in [0.15, 0.2) is 6.20 Å². The highest BCUT2D eigenvalue weighted by atomic mass is 16.5. The van der Waals surface area contributed by atoms with Gasteiger partial charge in [-0.25, -0.2) is 4.57 Å². The van der Waals surface area contributed by atoms with Crippen molar-refractivity contribution in [3.05, 3.63) is 77.0 Å². The molecule has 4 aromatic carbocycles. The molecule has 0 radical (unpaired) electrons. The molecule has 40 heavy (non-hydrogen) atoms. The lowest BCUT2D eigenvalue weighted by Crippen LogP contribution is -2.32. The van der Waals surface area contributed by atoms with Crippen LogP contribution in [0.4, 0.5) is 0 Å². The molecule has 1 aliphatic heterocycles. The Morgan fingerprint density at radius 3 is 2.42 bits per heavy atom. The van der Waals surface area contributed by atoms with Crippen LogP contribution in [0.3, 0.4) is 0 Å². The second kappa shape index (κ2) is 9.06. The summed E-state index contributed by atoms with van der Waals surface area (Å²) in [7, 11) is 2.19. The topological polar surface area (TPSA) is 13.1 Å². The maximum Gasteiger partial charge on any atom is 0.228 e. The Hall–Kier alpha value is -3.39. The first-order valence-corrected chi connectivity index (χ1v) is 15.2. The molecule has 0 bridgehead atoms. The van der Waals surface area contributed by atoms with Crippen LogP contribution in [-0.4, -0.2) is 0 Å². The molecule has 1 fully saturated rings. The molecule has 1 saturated carbocycles. The Kier molecular flexibility index (Phi) is 5.79. The van der Waals surface area contributed by atoms with Gasteiger partial charge in [0, 0.05) is 17.0 Å². The zero-order chi connectivity index (χ0) is 27.9. The SMILES string of the molecule is Cc1ccc2c(CC(C)C)c3c(c(C)c2c1)-c1c2c(cc4c(C5CCC(C)(C)CC5)cccc4c2cc[n+]1C)O3. The quantitative estimate of drug-likeness (QED) is 0.164. The number of nitrogens with zero attached hydrogens (tertiary/aromatic N) is 1. The molecule has 2 nitrogen and oxygen atoms in total. The van der Waals surface area contributed by atoms with Crippen molar-refractivity contribution in [3.8, 4) is 22.8 Å². The molecule has 7 rings (SSSR count). The van der Waals surface area contributed by atoms with Crippen LogP contribution in [0.5, 0.6) is 11.5 Å². The lowest BCUT2D eigenvalue weighted by atomic mass is 9.70. The maximum absolute atomic E-state index is 7.13. The third kappa shape index (κ3) is 3.86. The van der Waals surface area contributed by atoms with Gasteiger partial charge in [0.1, 0.15) is 18.5 Å². The van der Waals surface area contributed by atoms with Crippen molar-refractivity contribution in [1.82, 2.24) is 0 Å². The third-order valence-corrected chi connectivity index (χ3v) is 9.90. The number of aryl methyl sites for hydroxylation is 3. The summed E-state index contributed by atoms with van der Waals surface area (Å²) in [6, 6.07) is 18.6. The van der Waals surface area contributed by atoms with Gasteiger partial charge >= 0.3 is 0 Å². The van der Waals surface area contributed by atoms with Gasteiger partial charge in [0.25, 0.3) is 0 Å². The van der Waals surface area contributed by atoms with Crippen LogP contribution in [-0.2, 0) is 13.5 Å². The summed E-state index contributed by atoms with van der Waals surface area (Å²) in [6.45, 7) is 14.0. The molecule has 0 unspecified atom stereocenters. The molecular formula is C38H42NO+. The van der Waals surface area contributed by atoms with E-state index >= 15 is 0 Å². The number of hydrogen-bond acceptors (Lipinski definition) is 1. The van der Waals surface area contributed by atoms with E-state index in [2.05, 4.69) is 108 Å². The summed E-state index contributed by atoms with van der Waals surface area (Å²) >= 11 is 0. The van der Waals surface area contributed by atoms with Gasteiger partial charge in [0.05, 0.1) is 10.9 Å². The van der Waals surface area contributed by atoms with E-state index in [0.29, 0.717) is 17.3 Å². The van der Waals surface area contributed by atoms with Gasteiger partial charge in [-0.05, 0) is 102 Å². The van der Waals surface area contributed by atoms with E-state index in [1.165, 1.54) is 91.5 Å². The van der Waals surface area contributed by atoms with Crippen LogP contribution in [0.1, 0.15) is 81.5 Å². The van der Waals surface area contributed by atoms with E-state index in [4.69, 9.17) is 4.74 Å². The van der Waals surface area contributed by atoms with Crippen molar-refractivity contribution in [2.24, 2.45) is 18.4 Å². The molecule has 0 saturated heterocycles. The predicted octanol–water partition coefficient (Wildman–Crippen LogP) is 10.2. The standard InChI is InChI=1S/C38H42NO/c1-22(2)19-32-28-12-11-23(3)20-30(28)24(4)34-36-35-29(15-18-39(36)7)27-10-8-9-26(25-13-16-38(5,6)17-14-25)31(27)21-33(35)40-37(32)34/h8-12,15,18,20-22,25H,13-14,16-17,19H2,1-7H3/q+1. The van der Waals surface area contributed by atoms with Crippen LogP contribution in [0.25, 0.3) is 43.6 Å². The lowest BCUT2D eigenvalue weighted by Gasteiger charge is -2.35. The van der Waals surface area contributed by atoms with Gasteiger partial charge in [-0.2, -0.15) is 0 Å². The van der Waals surface area contributed by atoms with Crippen molar-refractivity contribution in [3.63, 3.8) is 0 Å². The summed E-state index contributed by atoms with van der Waals surface area (Å²) < 4.78 is 9.45. The van der Waals surface area contributed by atoms with Gasteiger partial charge in [-0.3, -0.25) is 0 Å². The van der Waals surface area contributed by atoms with E-state index in [1.54, 1.807) is 0 Å². The zero-order valence-corrected chi connectivity index (χ0v) is 25.2. The number of pyridine rings is 1. The van der Waals surface area contributed by atoms with E-state index in [-0.39, 0.29) is 0 Å². The van der Waals surface area contributed by atoms with Gasteiger partial charge in [0.2, 0.25) is 5.69 Å². The molecule has 1 aliphatic carbocycles. The van der Waals surface area contributed by atoms with Gasteiger partial charge in [-0.15, -0.1) is 0 Å². The highest BCUT2D eigenvalue weighted by Crippen LogP contribution is 2.53. The third-order valence-electron chi connectivity index (χ3n) is 9.90. The fraction of sp³-hybridized carbons (Fsp3) is 0.395. The number of hydrogen-bond donors (Lipinski definition) is 0. The van der Waals surface area contributed by atoms with Crippen LogP contribution in [0.15, 0.2) is 54.7 Å². The smallest absolute Gasteiger partial charge is 0.228 e. The monoisotopic (exact) mass is 528 g/mol. The van der Waals surface area contributed by atoms with Gasteiger partial charge in [-0.1, -0.05) is 69.7 Å². The Morgan fingerprint density at radius 2 is 1.68 bits per heavy atom. The first-order chi connectivity index (χ1) is 19.1. The molecular weight excluding hydrogens is 486 g/mol. The largest absolute Gasteiger partial charge is 0.455 e. The Balaban J connectivity index is 1.54. The van der Waals surface area contributed by atoms with Crippen LogP contribution < -0.4 is 9.30 Å². The van der Waals surface area contributed by atoms with Crippen LogP contribution >= 0.6 is 0 Å². The molecule has 204 valence electrons. The summed E-state index contributed by atoms with van der Waals surface area (Å²) in [6.07, 6.45) is 8.37. The number of ether oxygens (including phenoxy) is 1. The molecule has 0 spiro atoms. The molecule has 1 aromatic heterocycles. The Labute approximate surface area is 239 Å². The average Bonchev–Trinajstić information content (AvgIpc) is 2.92. The van der Waals surface area contributed by atoms with E-state index < -0.39 is 0 Å². The molecule has 0 amide bonds. The molecule has 5 aromatic rings. The lowest BCUT2D eigenvalue weighted by molar-refractivity contribution is -0.659. The number of rotatable bonds is 3. The first kappa shape index (κ1) is 25.6. The number of aromatic nitrogens is 1. The normalized spacial score (nSPS) is 16.6. The van der Waals surface area contributed by atoms with Crippen molar-refractivity contribution in [1.29, 1.82) is 0 Å². The second-order valence-corrected chi connectivity index (χ2v) is 13.9. The van der Waals surface area contributed by atoms with Crippen molar-refractivity contribution in [2.45, 2.75) is 79.6 Å². The second-order valence-electron chi connectivity index (χ2n) is 13.9. The summed E-state index contributed by atoms with van der Waals surface area (Å²) in [5, 5.41) is 7.96. The highest BCUT2D eigenvalue weighted by Gasteiger charge is 2.34. The van der Waals surface area contributed by atoms with Crippen LogP contribution in [0, 0.1) is 25.2 Å². The zero-order valence-electron chi connectivity index (χ0n) is 25.2. The molecule has 2 heterocycles. The van der Waals surface area contributed by atoms with Crippen molar-refractivity contribution < 1.29 is 9.30 Å². The fourth-order valence-electron chi connectivity index (χ4n) is 7.68. The average molecular weight is 529 g/mol. The Morgan fingerprint density at radius 1 is 0.900 bits per heavy atom. The van der Waals surface area contributed by atoms with E-state index in [0.717, 1.165) is 17.9 Å². The van der Waals surface area contributed by atoms with Gasteiger partial charge < -0.3 is 4.74 Å². The minimum atomic E-state index is 0.461. The highest BCUT2D eigenvalue weighted by molar-refractivity contribution is 6.17. The molecule has 2 aliphatic rings. The summed E-state index contributed by atoms with van der Waals surface area (Å²) in [4.78, 5) is 0. The number of fused-ring (bicyclic) bond motifs is 5. The predicted molar refractivity (Wildman–Crippen MR) is 169 cm³/mol. The molecule has 0 atom stereocenters. The number of benzene rings is 4. The fourth-order valence-corrected chi connectivity index (χ4v) is 7.68. The van der Waals surface area contributed by atoms with Crippen molar-refractivity contribution >= 4 is 32.3 Å².